The van der Waals surface area contributed by atoms with E-state index < -0.39 is 0 Å². The van der Waals surface area contributed by atoms with E-state index in [1.54, 1.807) is 0 Å². The lowest BCUT2D eigenvalue weighted by Gasteiger charge is -2.31. The summed E-state index contributed by atoms with van der Waals surface area (Å²) in [6.07, 6.45) is 2.04. The quantitative estimate of drug-likeness (QED) is 0.284. The third-order valence-corrected chi connectivity index (χ3v) is 7.05. The molecule has 6 rings (SSSR count). The third-order valence-electron chi connectivity index (χ3n) is 6.80. The first kappa shape index (κ1) is 23.1. The van der Waals surface area contributed by atoms with E-state index in [4.69, 9.17) is 16.7 Å². The van der Waals surface area contributed by atoms with Gasteiger partial charge in [-0.1, -0.05) is 54.1 Å². The Balaban J connectivity index is 1.53. The van der Waals surface area contributed by atoms with Crippen LogP contribution >= 0.6 is 11.6 Å². The largest absolute Gasteiger partial charge is 0.322 e. The van der Waals surface area contributed by atoms with Gasteiger partial charge in [0.1, 0.15) is 5.82 Å². The molecular weight excluding hydrogens is 482 g/mol. The van der Waals surface area contributed by atoms with Gasteiger partial charge in [-0.3, -0.25) is 0 Å². The highest BCUT2D eigenvalue weighted by molar-refractivity contribution is 6.30. The van der Waals surface area contributed by atoms with Crippen molar-refractivity contribution in [3.8, 4) is 11.5 Å². The Morgan fingerprint density at radius 3 is 2.49 bits per heavy atom. The molecule has 2 amide bonds. The fraction of sp³-hybridized carbons (Fsp3) is 0.133. The van der Waals surface area contributed by atoms with E-state index in [0.29, 0.717) is 11.6 Å². The average Bonchev–Trinajstić information content (AvgIpc) is 3.46. The number of urea groups is 1. The number of aromatic nitrogens is 3. The summed E-state index contributed by atoms with van der Waals surface area (Å²) < 4.78 is 4.12. The van der Waals surface area contributed by atoms with Gasteiger partial charge in [0, 0.05) is 22.5 Å². The van der Waals surface area contributed by atoms with Crippen LogP contribution < -0.4 is 5.32 Å². The van der Waals surface area contributed by atoms with Crippen molar-refractivity contribution < 1.29 is 4.79 Å². The van der Waals surface area contributed by atoms with Crippen LogP contribution in [0.2, 0.25) is 5.02 Å². The number of aryl methyl sites for hydroxylation is 2. The number of carbonyl (C=O) groups is 1. The van der Waals surface area contributed by atoms with Crippen molar-refractivity contribution in [1.29, 1.82) is 0 Å². The molecule has 0 radical (unpaired) electrons. The van der Waals surface area contributed by atoms with Crippen LogP contribution in [0.5, 0.6) is 0 Å². The molecule has 1 N–H and O–H groups in total. The van der Waals surface area contributed by atoms with Gasteiger partial charge in [-0.25, -0.2) is 9.48 Å². The van der Waals surface area contributed by atoms with Crippen LogP contribution in [0.25, 0.3) is 11.5 Å². The lowest BCUT2D eigenvalue weighted by molar-refractivity contribution is 0.194. The molecule has 0 saturated heterocycles. The molecule has 6 nitrogen and oxygen atoms in total. The number of hydrogen-bond acceptors (Lipinski definition) is 2. The summed E-state index contributed by atoms with van der Waals surface area (Å²) in [5.74, 6) is 0.938. The number of carbonyl (C=O) groups excluding carboxylic acids is 1. The van der Waals surface area contributed by atoms with Crippen molar-refractivity contribution in [2.24, 2.45) is 0 Å². The molecule has 1 atom stereocenters. The van der Waals surface area contributed by atoms with Crippen LogP contribution in [0.3, 0.4) is 0 Å². The maximum Gasteiger partial charge on any atom is 0.322 e. The molecule has 1 aliphatic rings. The van der Waals surface area contributed by atoms with Crippen LogP contribution in [-0.4, -0.2) is 25.3 Å². The second-order valence-corrected chi connectivity index (χ2v) is 9.76. The Bertz CT molecular complexity index is 1590. The Hall–Kier alpha value is -4.29. The van der Waals surface area contributed by atoms with Gasteiger partial charge in [-0.05, 0) is 73.5 Å². The molecule has 5 aromatic rings. The van der Waals surface area contributed by atoms with Gasteiger partial charge >= 0.3 is 6.03 Å². The standard InChI is InChI=1S/C30H26ClN5O/c1-20-8-6-9-24(18-20)32-30(37)35-19-26-21(2)33-36(25-10-4-3-5-11-25)29(26)34-17-7-12-27(34)28(35)22-13-15-23(31)16-14-22/h3-18,28H,19H2,1-2H3,(H,32,37). The smallest absolute Gasteiger partial charge is 0.308 e. The molecule has 3 heterocycles. The summed E-state index contributed by atoms with van der Waals surface area (Å²) in [5.41, 5.74) is 6.63. The molecule has 37 heavy (non-hydrogen) atoms. The molecular formula is C30H26ClN5O. The number of hydrogen-bond donors (Lipinski definition) is 1. The zero-order valence-corrected chi connectivity index (χ0v) is 21.4. The van der Waals surface area contributed by atoms with E-state index in [-0.39, 0.29) is 12.1 Å². The van der Waals surface area contributed by atoms with Crippen LogP contribution in [0.1, 0.15) is 34.1 Å². The van der Waals surface area contributed by atoms with Crippen LogP contribution in [-0.2, 0) is 6.54 Å². The fourth-order valence-corrected chi connectivity index (χ4v) is 5.19. The number of para-hydroxylation sites is 1. The fourth-order valence-electron chi connectivity index (χ4n) is 5.06. The van der Waals surface area contributed by atoms with Crippen molar-refractivity contribution in [3.05, 3.63) is 130 Å². The Kier molecular flexibility index (Phi) is 5.81. The van der Waals surface area contributed by atoms with Gasteiger partial charge < -0.3 is 14.8 Å². The highest BCUT2D eigenvalue weighted by Crippen LogP contribution is 2.39. The first-order valence-corrected chi connectivity index (χ1v) is 12.6. The number of benzene rings is 3. The number of nitrogens with zero attached hydrogens (tertiary/aromatic N) is 4. The summed E-state index contributed by atoms with van der Waals surface area (Å²) in [7, 11) is 0. The van der Waals surface area contributed by atoms with E-state index in [9.17, 15) is 4.79 Å². The van der Waals surface area contributed by atoms with E-state index >= 15 is 0 Å². The van der Waals surface area contributed by atoms with E-state index in [1.807, 2.05) is 115 Å². The Morgan fingerprint density at radius 2 is 1.73 bits per heavy atom. The van der Waals surface area contributed by atoms with E-state index in [0.717, 1.165) is 45.3 Å². The van der Waals surface area contributed by atoms with Crippen LogP contribution in [0.4, 0.5) is 10.5 Å². The van der Waals surface area contributed by atoms with E-state index in [2.05, 4.69) is 16.0 Å². The van der Waals surface area contributed by atoms with E-state index in [1.165, 1.54) is 0 Å². The predicted octanol–water partition coefficient (Wildman–Crippen LogP) is 7.07. The summed E-state index contributed by atoms with van der Waals surface area (Å²) in [6.45, 7) is 4.40. The SMILES string of the molecule is Cc1cccc(NC(=O)N2Cc3c(C)nn(-c4ccccc4)c3-n3cccc3C2c2ccc(Cl)cc2)c1. The van der Waals surface area contributed by atoms with Crippen LogP contribution in [0, 0.1) is 13.8 Å². The number of rotatable bonds is 3. The minimum atomic E-state index is -0.340. The number of anilines is 1. The molecule has 0 fully saturated rings. The highest BCUT2D eigenvalue weighted by atomic mass is 35.5. The molecule has 7 heteroatoms. The number of amides is 2. The number of halogens is 1. The van der Waals surface area contributed by atoms with Gasteiger partial charge in [0.05, 0.1) is 29.7 Å². The van der Waals surface area contributed by atoms with Gasteiger partial charge in [0.25, 0.3) is 0 Å². The van der Waals surface area contributed by atoms with Gasteiger partial charge in [0.15, 0.2) is 0 Å². The van der Waals surface area contributed by atoms with Crippen molar-refractivity contribution in [2.75, 3.05) is 5.32 Å². The summed E-state index contributed by atoms with van der Waals surface area (Å²) >= 11 is 6.24. The van der Waals surface area contributed by atoms with Crippen molar-refractivity contribution in [2.45, 2.75) is 26.4 Å². The molecule has 0 aliphatic carbocycles. The second-order valence-electron chi connectivity index (χ2n) is 9.32. The number of fused-ring (bicyclic) bond motifs is 3. The summed E-state index contributed by atoms with van der Waals surface area (Å²) in [5, 5.41) is 8.68. The topological polar surface area (TPSA) is 55.1 Å². The summed E-state index contributed by atoms with van der Waals surface area (Å²) in [6, 6.07) is 29.2. The van der Waals surface area contributed by atoms with Crippen molar-refractivity contribution in [1.82, 2.24) is 19.2 Å². The molecule has 1 unspecified atom stereocenters. The first-order chi connectivity index (χ1) is 18.0. The molecule has 0 bridgehead atoms. The zero-order valence-electron chi connectivity index (χ0n) is 20.6. The normalized spacial score (nSPS) is 14.6. The van der Waals surface area contributed by atoms with Crippen LogP contribution in [0.15, 0.2) is 97.2 Å². The molecule has 0 spiro atoms. The van der Waals surface area contributed by atoms with Crippen molar-refractivity contribution >= 4 is 23.3 Å². The predicted molar refractivity (Wildman–Crippen MR) is 147 cm³/mol. The average molecular weight is 508 g/mol. The molecule has 184 valence electrons. The molecule has 3 aromatic carbocycles. The molecule has 0 saturated carbocycles. The maximum atomic E-state index is 14.0. The molecule has 1 aliphatic heterocycles. The third kappa shape index (κ3) is 4.19. The number of nitrogens with one attached hydrogen (secondary N) is 1. The van der Waals surface area contributed by atoms with Gasteiger partial charge in [-0.15, -0.1) is 0 Å². The monoisotopic (exact) mass is 507 g/mol. The molecule has 2 aromatic heterocycles. The second kappa shape index (κ2) is 9.30. The van der Waals surface area contributed by atoms with Gasteiger partial charge in [0.2, 0.25) is 0 Å². The minimum Gasteiger partial charge on any atom is -0.308 e. The first-order valence-electron chi connectivity index (χ1n) is 12.2. The lowest BCUT2D eigenvalue weighted by Crippen LogP contribution is -2.38. The Labute approximate surface area is 220 Å². The van der Waals surface area contributed by atoms with Gasteiger partial charge in [-0.2, -0.15) is 5.10 Å². The summed E-state index contributed by atoms with van der Waals surface area (Å²) in [4.78, 5) is 15.8. The minimum absolute atomic E-state index is 0.182. The Morgan fingerprint density at radius 1 is 0.946 bits per heavy atom. The highest BCUT2D eigenvalue weighted by Gasteiger charge is 2.36. The maximum absolute atomic E-state index is 14.0. The zero-order chi connectivity index (χ0) is 25.5. The van der Waals surface area contributed by atoms with Crippen molar-refractivity contribution in [3.63, 3.8) is 0 Å². The lowest BCUT2D eigenvalue weighted by atomic mass is 10.0.